The summed E-state index contributed by atoms with van der Waals surface area (Å²) < 4.78 is 5.18. The largest absolute Gasteiger partial charge is 0.361 e. The molecule has 0 bridgehead atoms. The van der Waals surface area contributed by atoms with Crippen molar-refractivity contribution in [2.75, 3.05) is 19.6 Å². The first-order valence-corrected chi connectivity index (χ1v) is 5.07. The lowest BCUT2D eigenvalue weighted by molar-refractivity contribution is 0.390. The summed E-state index contributed by atoms with van der Waals surface area (Å²) in [6, 6.07) is 0. The van der Waals surface area contributed by atoms with E-state index in [-0.39, 0.29) is 0 Å². The van der Waals surface area contributed by atoms with Crippen molar-refractivity contribution in [2.24, 2.45) is 11.7 Å². The number of nitrogens with two attached hydrogens (primary N) is 1. The highest BCUT2D eigenvalue weighted by molar-refractivity contribution is 5.28. The van der Waals surface area contributed by atoms with Crippen LogP contribution in [0.25, 0.3) is 0 Å². The fourth-order valence-electron chi connectivity index (χ4n) is 2.34. The molecule has 0 aromatic carbocycles. The third kappa shape index (κ3) is 1.44. The third-order valence-electron chi connectivity index (χ3n) is 3.10. The van der Waals surface area contributed by atoms with Gasteiger partial charge in [0, 0.05) is 18.0 Å². The first-order chi connectivity index (χ1) is 6.74. The zero-order valence-electron chi connectivity index (χ0n) is 8.71. The van der Waals surface area contributed by atoms with Crippen molar-refractivity contribution in [1.29, 1.82) is 0 Å². The van der Waals surface area contributed by atoms with Crippen LogP contribution in [0.1, 0.15) is 22.9 Å². The molecule has 2 atom stereocenters. The minimum atomic E-state index is 0.478. The average Bonchev–Trinajstić information content (AvgIpc) is 2.73. The standard InChI is InChI=1S/C10H17N3O/c1-6-10(7(2)14-13-6)9-5-12-4-8(9)3-11/h8-9,12H,3-5,11H2,1-2H3. The summed E-state index contributed by atoms with van der Waals surface area (Å²) >= 11 is 0. The van der Waals surface area contributed by atoms with E-state index in [2.05, 4.69) is 10.5 Å². The first kappa shape index (κ1) is 9.68. The predicted molar refractivity (Wildman–Crippen MR) is 54.1 cm³/mol. The molecule has 0 aliphatic carbocycles. The number of nitrogens with zero attached hydrogens (tertiary/aromatic N) is 1. The minimum absolute atomic E-state index is 0.478. The Bertz CT molecular complexity index is 302. The maximum atomic E-state index is 5.74. The smallest absolute Gasteiger partial charge is 0.137 e. The second kappa shape index (κ2) is 3.71. The molecule has 3 N–H and O–H groups in total. The van der Waals surface area contributed by atoms with Crippen LogP contribution >= 0.6 is 0 Å². The Kier molecular flexibility index (Phi) is 2.56. The van der Waals surface area contributed by atoms with Crippen molar-refractivity contribution >= 4 is 0 Å². The van der Waals surface area contributed by atoms with Crippen LogP contribution in [-0.4, -0.2) is 24.8 Å². The molecule has 1 saturated heterocycles. The molecule has 0 amide bonds. The van der Waals surface area contributed by atoms with Gasteiger partial charge in [-0.2, -0.15) is 0 Å². The van der Waals surface area contributed by atoms with Crippen LogP contribution in [0.5, 0.6) is 0 Å². The van der Waals surface area contributed by atoms with Crippen LogP contribution in [0.15, 0.2) is 4.52 Å². The number of hydrogen-bond donors (Lipinski definition) is 2. The summed E-state index contributed by atoms with van der Waals surface area (Å²) in [6.07, 6.45) is 0. The quantitative estimate of drug-likeness (QED) is 0.723. The van der Waals surface area contributed by atoms with E-state index in [1.54, 1.807) is 0 Å². The van der Waals surface area contributed by atoms with Crippen molar-refractivity contribution in [3.05, 3.63) is 17.0 Å². The molecule has 2 unspecified atom stereocenters. The fourth-order valence-corrected chi connectivity index (χ4v) is 2.34. The Balaban J connectivity index is 2.29. The Labute approximate surface area is 83.8 Å². The van der Waals surface area contributed by atoms with Crippen molar-refractivity contribution in [1.82, 2.24) is 10.5 Å². The Hall–Kier alpha value is -0.870. The minimum Gasteiger partial charge on any atom is -0.361 e. The molecule has 1 aromatic rings. The van der Waals surface area contributed by atoms with Gasteiger partial charge in [-0.3, -0.25) is 0 Å². The summed E-state index contributed by atoms with van der Waals surface area (Å²) in [5.41, 5.74) is 8.00. The third-order valence-corrected chi connectivity index (χ3v) is 3.10. The van der Waals surface area contributed by atoms with E-state index in [1.165, 1.54) is 5.56 Å². The Morgan fingerprint density at radius 2 is 2.29 bits per heavy atom. The first-order valence-electron chi connectivity index (χ1n) is 5.07. The van der Waals surface area contributed by atoms with E-state index in [9.17, 15) is 0 Å². The van der Waals surface area contributed by atoms with Crippen molar-refractivity contribution < 1.29 is 4.52 Å². The predicted octanol–water partition coefficient (Wildman–Crippen LogP) is 0.553. The molecule has 0 saturated carbocycles. The van der Waals surface area contributed by atoms with Gasteiger partial charge < -0.3 is 15.6 Å². The second-order valence-corrected chi connectivity index (χ2v) is 4.00. The molecule has 1 aliphatic heterocycles. The molecule has 0 spiro atoms. The highest BCUT2D eigenvalue weighted by Crippen LogP contribution is 2.31. The Morgan fingerprint density at radius 1 is 1.50 bits per heavy atom. The maximum Gasteiger partial charge on any atom is 0.137 e. The van der Waals surface area contributed by atoms with Gasteiger partial charge in [0.25, 0.3) is 0 Å². The van der Waals surface area contributed by atoms with E-state index in [0.29, 0.717) is 11.8 Å². The lowest BCUT2D eigenvalue weighted by Crippen LogP contribution is -2.21. The summed E-state index contributed by atoms with van der Waals surface area (Å²) in [5, 5.41) is 7.35. The van der Waals surface area contributed by atoms with Gasteiger partial charge in [-0.1, -0.05) is 5.16 Å². The summed E-state index contributed by atoms with van der Waals surface area (Å²) in [5.74, 6) is 1.94. The van der Waals surface area contributed by atoms with Gasteiger partial charge in [0.2, 0.25) is 0 Å². The number of hydrogen-bond acceptors (Lipinski definition) is 4. The second-order valence-electron chi connectivity index (χ2n) is 4.00. The number of nitrogens with one attached hydrogen (secondary N) is 1. The van der Waals surface area contributed by atoms with E-state index in [4.69, 9.17) is 10.3 Å². The zero-order chi connectivity index (χ0) is 10.1. The van der Waals surface area contributed by atoms with E-state index < -0.39 is 0 Å². The van der Waals surface area contributed by atoms with Crippen LogP contribution in [0.3, 0.4) is 0 Å². The summed E-state index contributed by atoms with van der Waals surface area (Å²) in [4.78, 5) is 0. The van der Waals surface area contributed by atoms with Gasteiger partial charge >= 0.3 is 0 Å². The zero-order valence-corrected chi connectivity index (χ0v) is 8.71. The van der Waals surface area contributed by atoms with Crippen molar-refractivity contribution in [2.45, 2.75) is 19.8 Å². The molecule has 1 aliphatic rings. The van der Waals surface area contributed by atoms with E-state index in [1.807, 2.05) is 13.8 Å². The van der Waals surface area contributed by atoms with Crippen molar-refractivity contribution in [3.8, 4) is 0 Å². The fraction of sp³-hybridized carbons (Fsp3) is 0.700. The van der Waals surface area contributed by atoms with Crippen LogP contribution < -0.4 is 11.1 Å². The molecule has 2 rings (SSSR count). The molecular formula is C10H17N3O. The average molecular weight is 195 g/mol. The molecule has 1 aromatic heterocycles. The lowest BCUT2D eigenvalue weighted by atomic mass is 9.88. The number of rotatable bonds is 2. The topological polar surface area (TPSA) is 64.1 Å². The van der Waals surface area contributed by atoms with Crippen LogP contribution in [0.2, 0.25) is 0 Å². The molecule has 1 fully saturated rings. The van der Waals surface area contributed by atoms with Gasteiger partial charge in [0.15, 0.2) is 0 Å². The maximum absolute atomic E-state index is 5.74. The molecule has 4 nitrogen and oxygen atoms in total. The molecule has 78 valence electrons. The molecule has 0 radical (unpaired) electrons. The number of aromatic nitrogens is 1. The van der Waals surface area contributed by atoms with E-state index in [0.717, 1.165) is 31.1 Å². The van der Waals surface area contributed by atoms with Crippen LogP contribution in [0.4, 0.5) is 0 Å². The molecule has 2 heterocycles. The van der Waals surface area contributed by atoms with Gasteiger partial charge in [-0.05, 0) is 32.9 Å². The lowest BCUT2D eigenvalue weighted by Gasteiger charge is -2.15. The normalized spacial score (nSPS) is 27.1. The molecule has 14 heavy (non-hydrogen) atoms. The van der Waals surface area contributed by atoms with Gasteiger partial charge in [-0.25, -0.2) is 0 Å². The van der Waals surface area contributed by atoms with Gasteiger partial charge in [0.05, 0.1) is 5.69 Å². The SMILES string of the molecule is Cc1noc(C)c1C1CNCC1CN. The monoisotopic (exact) mass is 195 g/mol. The van der Waals surface area contributed by atoms with Crippen LogP contribution in [0, 0.1) is 19.8 Å². The highest BCUT2D eigenvalue weighted by atomic mass is 16.5. The molecule has 4 heteroatoms. The van der Waals surface area contributed by atoms with Gasteiger partial charge in [-0.15, -0.1) is 0 Å². The van der Waals surface area contributed by atoms with Gasteiger partial charge in [0.1, 0.15) is 5.76 Å². The summed E-state index contributed by atoms with van der Waals surface area (Å²) in [7, 11) is 0. The number of aryl methyl sites for hydroxylation is 2. The summed E-state index contributed by atoms with van der Waals surface area (Å²) in [6.45, 7) is 6.69. The Morgan fingerprint density at radius 3 is 2.86 bits per heavy atom. The highest BCUT2D eigenvalue weighted by Gasteiger charge is 2.31. The van der Waals surface area contributed by atoms with Crippen LogP contribution in [-0.2, 0) is 0 Å². The molecular weight excluding hydrogens is 178 g/mol. The van der Waals surface area contributed by atoms with E-state index >= 15 is 0 Å². The van der Waals surface area contributed by atoms with Crippen molar-refractivity contribution in [3.63, 3.8) is 0 Å².